The molecule has 2 aromatic rings. The quantitative estimate of drug-likeness (QED) is 0.654. The molecule has 4 nitrogen and oxygen atoms in total. The van der Waals surface area contributed by atoms with Gasteiger partial charge < -0.3 is 10.5 Å². The van der Waals surface area contributed by atoms with E-state index in [0.29, 0.717) is 6.42 Å². The second kappa shape index (κ2) is 7.95. The van der Waals surface area contributed by atoms with E-state index < -0.39 is 17.6 Å². The van der Waals surface area contributed by atoms with E-state index in [2.05, 4.69) is 21.6 Å². The van der Waals surface area contributed by atoms with Crippen molar-refractivity contribution in [1.82, 2.24) is 4.98 Å². The van der Waals surface area contributed by atoms with Crippen LogP contribution < -0.4 is 5.73 Å². The Labute approximate surface area is 149 Å². The Morgan fingerprint density at radius 3 is 2.68 bits per heavy atom. The number of esters is 1. The molecule has 0 unspecified atom stereocenters. The number of carbonyl (C=O) groups is 1. The van der Waals surface area contributed by atoms with E-state index in [1.54, 1.807) is 0 Å². The molecular formula is C18H15ClF2N2O2. The first-order valence-corrected chi connectivity index (χ1v) is 7.79. The molecule has 0 aliphatic carbocycles. The van der Waals surface area contributed by atoms with Crippen LogP contribution in [-0.2, 0) is 4.74 Å². The van der Waals surface area contributed by atoms with Crippen molar-refractivity contribution >= 4 is 23.3 Å². The third-order valence-electron chi connectivity index (χ3n) is 3.30. The summed E-state index contributed by atoms with van der Waals surface area (Å²) >= 11 is 5.92. The molecule has 0 saturated carbocycles. The highest BCUT2D eigenvalue weighted by atomic mass is 35.5. The Morgan fingerprint density at radius 2 is 2.04 bits per heavy atom. The molecule has 0 bridgehead atoms. The number of hydrogen-bond donors (Lipinski definition) is 1. The number of methoxy groups -OCH3 is 1. The van der Waals surface area contributed by atoms with E-state index in [1.807, 2.05) is 6.92 Å². The number of halogens is 3. The van der Waals surface area contributed by atoms with E-state index in [4.69, 9.17) is 17.3 Å². The van der Waals surface area contributed by atoms with Crippen molar-refractivity contribution in [2.45, 2.75) is 19.8 Å². The first kappa shape index (κ1) is 18.7. The highest BCUT2D eigenvalue weighted by Gasteiger charge is 2.20. The average Bonchev–Trinajstić information content (AvgIpc) is 2.59. The van der Waals surface area contributed by atoms with Crippen LogP contribution >= 0.6 is 11.6 Å². The maximum absolute atomic E-state index is 14.4. The zero-order chi connectivity index (χ0) is 18.6. The smallest absolute Gasteiger partial charge is 0.358 e. The zero-order valence-corrected chi connectivity index (χ0v) is 14.4. The lowest BCUT2D eigenvalue weighted by molar-refractivity contribution is 0.0594. The van der Waals surface area contributed by atoms with Gasteiger partial charge in [0.05, 0.1) is 29.1 Å². The molecule has 7 heteroatoms. The molecule has 2 rings (SSSR count). The number of carbonyl (C=O) groups excluding carboxylic acids is 1. The van der Waals surface area contributed by atoms with Crippen molar-refractivity contribution < 1.29 is 18.3 Å². The number of nitrogens with zero attached hydrogens (tertiary/aromatic N) is 1. The fraction of sp³-hybridized carbons (Fsp3) is 0.222. The molecule has 0 aliphatic rings. The molecule has 130 valence electrons. The fourth-order valence-electron chi connectivity index (χ4n) is 2.04. The summed E-state index contributed by atoms with van der Waals surface area (Å²) in [6.45, 7) is 1.93. The first-order chi connectivity index (χ1) is 11.9. The third kappa shape index (κ3) is 4.06. The van der Waals surface area contributed by atoms with Gasteiger partial charge in [0.2, 0.25) is 0 Å². The number of unbranched alkanes of at least 4 members (excludes halogenated alkanes) is 1. The lowest BCUT2D eigenvalue weighted by atomic mass is 10.1. The second-order valence-electron chi connectivity index (χ2n) is 5.11. The molecule has 2 N–H and O–H groups in total. The van der Waals surface area contributed by atoms with Gasteiger partial charge in [0.1, 0.15) is 11.6 Å². The monoisotopic (exact) mass is 364 g/mol. The van der Waals surface area contributed by atoms with Crippen molar-refractivity contribution in [3.8, 4) is 23.1 Å². The highest BCUT2D eigenvalue weighted by Crippen LogP contribution is 2.30. The number of benzene rings is 1. The maximum Gasteiger partial charge on any atom is 0.358 e. The Kier molecular flexibility index (Phi) is 5.94. The van der Waals surface area contributed by atoms with Crippen LogP contribution in [0.5, 0.6) is 0 Å². The molecule has 0 saturated heterocycles. The summed E-state index contributed by atoms with van der Waals surface area (Å²) in [4.78, 5) is 15.7. The molecule has 0 radical (unpaired) electrons. The van der Waals surface area contributed by atoms with Crippen LogP contribution in [0.4, 0.5) is 14.5 Å². The van der Waals surface area contributed by atoms with Gasteiger partial charge in [-0.15, -0.1) is 0 Å². The molecule has 0 spiro atoms. The van der Waals surface area contributed by atoms with Crippen LogP contribution in [0.25, 0.3) is 11.3 Å². The number of aromatic nitrogens is 1. The van der Waals surface area contributed by atoms with Crippen molar-refractivity contribution in [3.63, 3.8) is 0 Å². The van der Waals surface area contributed by atoms with Gasteiger partial charge in [0, 0.05) is 12.0 Å². The molecule has 1 aromatic carbocycles. The van der Waals surface area contributed by atoms with Gasteiger partial charge in [0.15, 0.2) is 5.69 Å². The summed E-state index contributed by atoms with van der Waals surface area (Å²) < 4.78 is 33.2. The van der Waals surface area contributed by atoms with Crippen LogP contribution in [0, 0.1) is 23.5 Å². The van der Waals surface area contributed by atoms with Crippen LogP contribution in [0.15, 0.2) is 18.2 Å². The predicted molar refractivity (Wildman–Crippen MR) is 92.1 cm³/mol. The zero-order valence-electron chi connectivity index (χ0n) is 13.6. The summed E-state index contributed by atoms with van der Waals surface area (Å²) in [5.41, 5.74) is 5.21. The van der Waals surface area contributed by atoms with Crippen LogP contribution in [0.1, 0.15) is 35.8 Å². The lowest BCUT2D eigenvalue weighted by Crippen LogP contribution is -2.08. The molecular weight excluding hydrogens is 350 g/mol. The Hall–Kier alpha value is -2.65. The number of pyridine rings is 1. The molecule has 0 aliphatic heterocycles. The van der Waals surface area contributed by atoms with Crippen molar-refractivity contribution in [2.75, 3.05) is 12.8 Å². The SMILES string of the molecule is CCCC#Cc1cc(F)c(-c2cc(N)c(Cl)c(C(=O)OC)n2)cc1F. The highest BCUT2D eigenvalue weighted by molar-refractivity contribution is 6.35. The Balaban J connectivity index is 2.56. The second-order valence-corrected chi connectivity index (χ2v) is 5.49. The minimum Gasteiger partial charge on any atom is -0.464 e. The third-order valence-corrected chi connectivity index (χ3v) is 3.69. The largest absolute Gasteiger partial charge is 0.464 e. The average molecular weight is 365 g/mol. The molecule has 0 atom stereocenters. The molecule has 1 aromatic heterocycles. The maximum atomic E-state index is 14.4. The van der Waals surface area contributed by atoms with Crippen LogP contribution in [0.2, 0.25) is 5.02 Å². The molecule has 1 heterocycles. The number of nitrogens with two attached hydrogens (primary N) is 1. The van der Waals surface area contributed by atoms with Gasteiger partial charge in [-0.3, -0.25) is 0 Å². The standard InChI is InChI=1S/C18H15ClF2N2O2/c1-3-4-5-6-10-7-13(21)11(8-12(10)20)15-9-14(22)16(19)17(23-15)18(24)25-2/h7-9H,3-4H2,1-2H3,(H2,22,23). The van der Waals surface area contributed by atoms with E-state index in [-0.39, 0.29) is 33.2 Å². The van der Waals surface area contributed by atoms with Gasteiger partial charge in [0.25, 0.3) is 0 Å². The Bertz CT molecular complexity index is 889. The number of ether oxygens (including phenoxy) is 1. The lowest BCUT2D eigenvalue weighted by Gasteiger charge is -2.10. The molecule has 25 heavy (non-hydrogen) atoms. The van der Waals surface area contributed by atoms with Crippen molar-refractivity contribution in [1.29, 1.82) is 0 Å². The van der Waals surface area contributed by atoms with Gasteiger partial charge in [-0.2, -0.15) is 0 Å². The summed E-state index contributed by atoms with van der Waals surface area (Å²) in [5.74, 6) is 3.07. The van der Waals surface area contributed by atoms with E-state index in [1.165, 1.54) is 6.07 Å². The van der Waals surface area contributed by atoms with E-state index in [9.17, 15) is 13.6 Å². The fourth-order valence-corrected chi connectivity index (χ4v) is 2.21. The minimum atomic E-state index is -0.832. The normalized spacial score (nSPS) is 10.1. The first-order valence-electron chi connectivity index (χ1n) is 7.41. The summed E-state index contributed by atoms with van der Waals surface area (Å²) in [6.07, 6.45) is 1.40. The van der Waals surface area contributed by atoms with Crippen LogP contribution in [0.3, 0.4) is 0 Å². The van der Waals surface area contributed by atoms with Gasteiger partial charge in [-0.1, -0.05) is 30.4 Å². The number of rotatable bonds is 3. The minimum absolute atomic E-state index is 0.00121. The van der Waals surface area contributed by atoms with Crippen LogP contribution in [-0.4, -0.2) is 18.1 Å². The summed E-state index contributed by atoms with van der Waals surface area (Å²) in [5, 5.41) is -0.112. The summed E-state index contributed by atoms with van der Waals surface area (Å²) in [7, 11) is 1.15. The topological polar surface area (TPSA) is 65.2 Å². The Morgan fingerprint density at radius 1 is 1.32 bits per heavy atom. The number of nitrogen functional groups attached to an aromatic ring is 1. The van der Waals surface area contributed by atoms with E-state index in [0.717, 1.165) is 25.7 Å². The summed E-state index contributed by atoms with van der Waals surface area (Å²) in [6, 6.07) is 3.20. The van der Waals surface area contributed by atoms with Crippen molar-refractivity contribution in [2.24, 2.45) is 0 Å². The number of anilines is 1. The number of hydrogen-bond acceptors (Lipinski definition) is 4. The van der Waals surface area contributed by atoms with Gasteiger partial charge in [-0.05, 0) is 24.6 Å². The van der Waals surface area contributed by atoms with Gasteiger partial charge >= 0.3 is 5.97 Å². The van der Waals surface area contributed by atoms with Gasteiger partial charge in [-0.25, -0.2) is 18.6 Å². The van der Waals surface area contributed by atoms with Crippen molar-refractivity contribution in [3.05, 3.63) is 46.1 Å². The molecule has 0 amide bonds. The predicted octanol–water partition coefficient (Wildman–Crippen LogP) is 4.20. The molecule has 0 fully saturated rings. The van der Waals surface area contributed by atoms with E-state index >= 15 is 0 Å².